The number of carboxylic acids is 1. The molecule has 0 spiro atoms. The van der Waals surface area contributed by atoms with E-state index in [4.69, 9.17) is 5.11 Å². The fourth-order valence-electron chi connectivity index (χ4n) is 2.88. The summed E-state index contributed by atoms with van der Waals surface area (Å²) in [5, 5.41) is 11.9. The lowest BCUT2D eigenvalue weighted by molar-refractivity contribution is -0.146. The molecule has 0 aliphatic carbocycles. The molecule has 1 aliphatic heterocycles. The number of halogens is 1. The van der Waals surface area contributed by atoms with E-state index >= 15 is 0 Å². The largest absolute Gasteiger partial charge is 0.481 e. The van der Waals surface area contributed by atoms with E-state index in [2.05, 4.69) is 21.2 Å². The van der Waals surface area contributed by atoms with Crippen molar-refractivity contribution in [1.82, 2.24) is 10.2 Å². The maximum absolute atomic E-state index is 12.2. The molecule has 0 radical (unpaired) electrons. The average Bonchev–Trinajstić information content (AvgIpc) is 2.54. The lowest BCUT2D eigenvalue weighted by atomic mass is 9.90. The molecule has 2 amide bonds. The first-order valence-electron chi connectivity index (χ1n) is 7.91. The third-order valence-electron chi connectivity index (χ3n) is 4.09. The molecule has 7 heteroatoms. The zero-order valence-electron chi connectivity index (χ0n) is 13.5. The topological polar surface area (TPSA) is 86.7 Å². The highest BCUT2D eigenvalue weighted by Gasteiger charge is 2.31. The number of nitrogens with zero attached hydrogens (tertiary/aromatic N) is 1. The fraction of sp³-hybridized carbons (Fsp3) is 0.471. The maximum Gasteiger partial charge on any atom is 0.308 e. The number of carbonyl (C=O) groups is 3. The second-order valence-corrected chi connectivity index (χ2v) is 7.10. The number of aliphatic carboxylic acids is 1. The number of carboxylic acid groups (broad SMARTS) is 1. The number of amides is 2. The van der Waals surface area contributed by atoms with E-state index in [1.807, 2.05) is 6.92 Å². The number of carbonyl (C=O) groups excluding carboxylic acids is 2. The van der Waals surface area contributed by atoms with Gasteiger partial charge >= 0.3 is 5.97 Å². The minimum atomic E-state index is -0.858. The molecule has 6 nitrogen and oxygen atoms in total. The normalized spacial score (nSPS) is 20.5. The van der Waals surface area contributed by atoms with Gasteiger partial charge in [0.15, 0.2) is 0 Å². The molecule has 1 aromatic rings. The van der Waals surface area contributed by atoms with E-state index in [1.165, 1.54) is 0 Å². The van der Waals surface area contributed by atoms with Crippen LogP contribution in [0.15, 0.2) is 28.7 Å². The van der Waals surface area contributed by atoms with Crippen molar-refractivity contribution < 1.29 is 19.5 Å². The van der Waals surface area contributed by atoms with Crippen molar-refractivity contribution in [3.63, 3.8) is 0 Å². The van der Waals surface area contributed by atoms with Crippen molar-refractivity contribution >= 4 is 33.7 Å². The summed E-state index contributed by atoms with van der Waals surface area (Å²) < 4.78 is 0.890. The highest BCUT2D eigenvalue weighted by molar-refractivity contribution is 9.10. The van der Waals surface area contributed by atoms with Crippen LogP contribution in [0.2, 0.25) is 0 Å². The second-order valence-electron chi connectivity index (χ2n) is 6.19. The Morgan fingerprint density at radius 2 is 1.92 bits per heavy atom. The van der Waals surface area contributed by atoms with Crippen LogP contribution < -0.4 is 5.32 Å². The van der Waals surface area contributed by atoms with Crippen molar-refractivity contribution in [2.24, 2.45) is 11.8 Å². The Hall–Kier alpha value is -1.89. The van der Waals surface area contributed by atoms with Gasteiger partial charge in [0.25, 0.3) is 5.91 Å². The average molecular weight is 397 g/mol. The lowest BCUT2D eigenvalue weighted by Gasteiger charge is -2.34. The Kier molecular flexibility index (Phi) is 6.36. The van der Waals surface area contributed by atoms with Crippen LogP contribution in [0.1, 0.15) is 30.1 Å². The molecule has 2 N–H and O–H groups in total. The molecule has 1 heterocycles. The maximum atomic E-state index is 12.2. The Morgan fingerprint density at radius 1 is 1.25 bits per heavy atom. The van der Waals surface area contributed by atoms with Gasteiger partial charge in [0, 0.05) is 36.1 Å². The van der Waals surface area contributed by atoms with Crippen molar-refractivity contribution in [2.75, 3.05) is 19.6 Å². The predicted octanol–water partition coefficient (Wildman–Crippen LogP) is 2.14. The van der Waals surface area contributed by atoms with Gasteiger partial charge in [-0.1, -0.05) is 22.9 Å². The number of nitrogens with one attached hydrogen (secondary N) is 1. The highest BCUT2D eigenvalue weighted by atomic mass is 79.9. The SMILES string of the molecule is CC1CC(C(=O)O)CN(C(=O)CCNC(=O)c2ccc(Br)cc2)C1. The molecule has 1 aliphatic rings. The van der Waals surface area contributed by atoms with Crippen LogP contribution in [0.5, 0.6) is 0 Å². The molecule has 24 heavy (non-hydrogen) atoms. The molecule has 1 aromatic carbocycles. The number of benzene rings is 1. The molecular formula is C17H21BrN2O4. The molecule has 2 rings (SSSR count). The van der Waals surface area contributed by atoms with Crippen LogP contribution in [0.3, 0.4) is 0 Å². The van der Waals surface area contributed by atoms with E-state index < -0.39 is 11.9 Å². The van der Waals surface area contributed by atoms with Crippen molar-refractivity contribution in [2.45, 2.75) is 19.8 Å². The summed E-state index contributed by atoms with van der Waals surface area (Å²) >= 11 is 3.31. The monoisotopic (exact) mass is 396 g/mol. The Bertz CT molecular complexity index is 618. The van der Waals surface area contributed by atoms with Crippen LogP contribution in [-0.4, -0.2) is 47.4 Å². The number of hydrogen-bond donors (Lipinski definition) is 2. The van der Waals surface area contributed by atoms with Crippen molar-refractivity contribution in [3.8, 4) is 0 Å². The second kappa shape index (κ2) is 8.28. The molecule has 0 bridgehead atoms. The van der Waals surface area contributed by atoms with Crippen LogP contribution in [-0.2, 0) is 9.59 Å². The summed E-state index contributed by atoms with van der Waals surface area (Å²) in [6, 6.07) is 6.96. The number of likely N-dealkylation sites (tertiary alicyclic amines) is 1. The first kappa shape index (κ1) is 18.4. The molecule has 2 unspecified atom stereocenters. The lowest BCUT2D eigenvalue weighted by Crippen LogP contribution is -2.46. The standard InChI is InChI=1S/C17H21BrN2O4/c1-11-8-13(17(23)24)10-20(9-11)15(21)6-7-19-16(22)12-2-4-14(18)5-3-12/h2-5,11,13H,6-10H2,1H3,(H,19,22)(H,23,24). The quantitative estimate of drug-likeness (QED) is 0.797. The molecule has 130 valence electrons. The molecule has 2 atom stereocenters. The zero-order valence-corrected chi connectivity index (χ0v) is 15.1. The minimum absolute atomic E-state index is 0.121. The van der Waals surface area contributed by atoms with Crippen molar-refractivity contribution in [3.05, 3.63) is 34.3 Å². The summed E-state index contributed by atoms with van der Waals surface area (Å²) in [6.07, 6.45) is 0.765. The summed E-state index contributed by atoms with van der Waals surface area (Å²) in [5.41, 5.74) is 0.531. The van der Waals surface area contributed by atoms with Gasteiger partial charge in [0.05, 0.1) is 5.92 Å². The van der Waals surface area contributed by atoms with Gasteiger partial charge in [0.1, 0.15) is 0 Å². The summed E-state index contributed by atoms with van der Waals surface area (Å²) in [7, 11) is 0. The molecule has 0 saturated carbocycles. The fourth-order valence-corrected chi connectivity index (χ4v) is 3.14. The summed E-state index contributed by atoms with van der Waals surface area (Å²) in [4.78, 5) is 37.0. The first-order chi connectivity index (χ1) is 11.4. The van der Waals surface area contributed by atoms with Gasteiger partial charge in [-0.2, -0.15) is 0 Å². The minimum Gasteiger partial charge on any atom is -0.481 e. The van der Waals surface area contributed by atoms with Gasteiger partial charge in [-0.15, -0.1) is 0 Å². The number of rotatable bonds is 5. The zero-order chi connectivity index (χ0) is 17.7. The molecule has 0 aromatic heterocycles. The molecule has 1 saturated heterocycles. The van der Waals surface area contributed by atoms with E-state index in [0.717, 1.165) is 4.47 Å². The van der Waals surface area contributed by atoms with E-state index in [0.29, 0.717) is 18.5 Å². The van der Waals surface area contributed by atoms with Crippen molar-refractivity contribution in [1.29, 1.82) is 0 Å². The first-order valence-corrected chi connectivity index (χ1v) is 8.70. The van der Waals surface area contributed by atoms with Gasteiger partial charge in [-0.3, -0.25) is 14.4 Å². The van der Waals surface area contributed by atoms with Crippen LogP contribution in [0.25, 0.3) is 0 Å². The van der Waals surface area contributed by atoms with Crippen LogP contribution in [0.4, 0.5) is 0 Å². The predicted molar refractivity (Wildman–Crippen MR) is 92.6 cm³/mol. The number of hydrogen-bond acceptors (Lipinski definition) is 3. The highest BCUT2D eigenvalue weighted by Crippen LogP contribution is 2.22. The summed E-state index contributed by atoms with van der Waals surface area (Å²) in [5.74, 6) is -1.55. The summed E-state index contributed by atoms with van der Waals surface area (Å²) in [6.45, 7) is 3.00. The van der Waals surface area contributed by atoms with Gasteiger partial charge < -0.3 is 15.3 Å². The van der Waals surface area contributed by atoms with Crippen LogP contribution >= 0.6 is 15.9 Å². The third kappa shape index (κ3) is 5.06. The Labute approximate surface area is 149 Å². The third-order valence-corrected chi connectivity index (χ3v) is 4.62. The Morgan fingerprint density at radius 3 is 2.54 bits per heavy atom. The number of piperidine rings is 1. The smallest absolute Gasteiger partial charge is 0.308 e. The molecule has 1 fully saturated rings. The van der Waals surface area contributed by atoms with E-state index in [1.54, 1.807) is 29.2 Å². The van der Waals surface area contributed by atoms with Gasteiger partial charge in [-0.05, 0) is 36.6 Å². The Balaban J connectivity index is 1.81. The van der Waals surface area contributed by atoms with E-state index in [-0.39, 0.29) is 37.2 Å². The van der Waals surface area contributed by atoms with Gasteiger partial charge in [-0.25, -0.2) is 0 Å². The van der Waals surface area contributed by atoms with Gasteiger partial charge in [0.2, 0.25) is 5.91 Å². The van der Waals surface area contributed by atoms with Crippen LogP contribution in [0, 0.1) is 11.8 Å². The van der Waals surface area contributed by atoms with E-state index in [9.17, 15) is 14.4 Å². The molecular weight excluding hydrogens is 376 g/mol.